The maximum Gasteiger partial charge on any atom is -0.147 e. The van der Waals surface area contributed by atoms with Crippen molar-refractivity contribution in [3.8, 4) is 22.3 Å². The number of hydrogen-bond acceptors (Lipinski definition) is 0. The maximum absolute atomic E-state index is 3.70. The summed E-state index contributed by atoms with van der Waals surface area (Å²) in [6, 6.07) is 36.6. The van der Waals surface area contributed by atoms with Gasteiger partial charge in [0.15, 0.2) is 0 Å². The molecule has 236 valence electrons. The van der Waals surface area contributed by atoms with Gasteiger partial charge < -0.3 is 0 Å². The van der Waals surface area contributed by atoms with E-state index in [-0.39, 0.29) is 24.8 Å². The van der Waals surface area contributed by atoms with Crippen molar-refractivity contribution in [2.45, 2.75) is 51.1 Å². The molecule has 46 heavy (non-hydrogen) atoms. The third-order valence-corrected chi connectivity index (χ3v) is 28.3. The summed E-state index contributed by atoms with van der Waals surface area (Å²) in [5.74, 6) is 0.496. The zero-order valence-corrected chi connectivity index (χ0v) is 33.7. The van der Waals surface area contributed by atoms with Crippen molar-refractivity contribution >= 4 is 54.6 Å². The number of hydrogen-bond donors (Lipinski definition) is 0. The summed E-state index contributed by atoms with van der Waals surface area (Å²) in [6.07, 6.45) is 5.16. The second-order valence-corrected chi connectivity index (χ2v) is 45.4. The zero-order valence-electron chi connectivity index (χ0n) is 28.1. The van der Waals surface area contributed by atoms with E-state index < -0.39 is 17.4 Å². The van der Waals surface area contributed by atoms with Crippen molar-refractivity contribution in [1.82, 2.24) is 0 Å². The molecule has 0 heterocycles. The molecule has 0 radical (unpaired) electrons. The molecule has 5 aromatic carbocycles. The molecule has 0 fully saturated rings. The first-order valence-corrected chi connectivity index (χ1v) is 29.9. The van der Waals surface area contributed by atoms with Crippen molar-refractivity contribution < 1.29 is 17.4 Å². The van der Waals surface area contributed by atoms with Crippen LogP contribution in [0.4, 0.5) is 0 Å². The molecule has 0 bridgehead atoms. The fourth-order valence-corrected chi connectivity index (χ4v) is 29.5. The summed E-state index contributed by atoms with van der Waals surface area (Å²) < 4.78 is 6.56. The monoisotopic (exact) mass is 738 g/mol. The van der Waals surface area contributed by atoms with Crippen LogP contribution < -0.4 is 0 Å². The quantitative estimate of drug-likeness (QED) is 0.157. The van der Waals surface area contributed by atoms with Crippen molar-refractivity contribution in [2.75, 3.05) is 0 Å². The van der Waals surface area contributed by atoms with E-state index in [1.807, 2.05) is 0 Å². The van der Waals surface area contributed by atoms with Gasteiger partial charge in [-0.05, 0) is 0 Å². The molecule has 0 aliphatic heterocycles. The largest absolute Gasteiger partial charge is 0.147 e. The molecular formula is C42H46Cl2SiZr. The second kappa shape index (κ2) is 12.5. The SMILES string of the molecule is CC1=Cc2c(-c3ccc(C)cc3)ccc(C)c2[CH]1[Zr]([CH3])([CH3])(=[SiH2])[CH]1C(C(C)C)=Cc2c(-c3cccc4ccccc34)cccc21.Cl.Cl. The first-order chi connectivity index (χ1) is 20.9. The van der Waals surface area contributed by atoms with Crippen LogP contribution in [0.3, 0.4) is 0 Å². The van der Waals surface area contributed by atoms with E-state index in [9.17, 15) is 0 Å². The average Bonchev–Trinajstić information content (AvgIpc) is 3.58. The Balaban J connectivity index is 0.00000208. The number of allylic oxidation sites excluding steroid dienone is 2. The van der Waals surface area contributed by atoms with Crippen LogP contribution in [0.2, 0.25) is 9.26 Å². The van der Waals surface area contributed by atoms with Gasteiger partial charge in [0.2, 0.25) is 0 Å². The average molecular weight is 741 g/mol. The molecule has 0 saturated carbocycles. The smallest absolute Gasteiger partial charge is 0.147 e. The van der Waals surface area contributed by atoms with Crippen molar-refractivity contribution in [2.24, 2.45) is 5.92 Å². The number of halogens is 2. The number of benzene rings is 5. The molecule has 0 nitrogen and oxygen atoms in total. The molecule has 0 N–H and O–H groups in total. The van der Waals surface area contributed by atoms with Crippen molar-refractivity contribution in [3.05, 3.63) is 142 Å². The predicted molar refractivity (Wildman–Crippen MR) is 207 cm³/mol. The Kier molecular flexibility index (Phi) is 9.48. The van der Waals surface area contributed by atoms with E-state index in [4.69, 9.17) is 0 Å². The van der Waals surface area contributed by atoms with Gasteiger partial charge in [0.25, 0.3) is 0 Å². The molecule has 2 aliphatic rings. The fraction of sp³-hybridized carbons (Fsp3) is 0.238. The molecule has 4 heteroatoms. The molecule has 2 aliphatic carbocycles. The van der Waals surface area contributed by atoms with Crippen LogP contribution in [-0.4, -0.2) is 6.88 Å². The van der Waals surface area contributed by atoms with Crippen LogP contribution in [0.1, 0.15) is 61.4 Å². The van der Waals surface area contributed by atoms with E-state index in [0.717, 1.165) is 0 Å². The summed E-state index contributed by atoms with van der Waals surface area (Å²) >= 11 is -3.70. The molecular weight excluding hydrogens is 695 g/mol. The minimum absolute atomic E-state index is 0. The Morgan fingerprint density at radius 1 is 0.630 bits per heavy atom. The minimum atomic E-state index is -3.70. The van der Waals surface area contributed by atoms with Gasteiger partial charge in [0.1, 0.15) is 0 Å². The van der Waals surface area contributed by atoms with E-state index in [2.05, 4.69) is 160 Å². The zero-order chi connectivity index (χ0) is 31.0. The van der Waals surface area contributed by atoms with E-state index in [0.29, 0.717) is 13.2 Å². The maximum atomic E-state index is 2.77. The van der Waals surface area contributed by atoms with Gasteiger partial charge >= 0.3 is 268 Å². The molecule has 2 atom stereocenters. The van der Waals surface area contributed by atoms with E-state index in [1.165, 1.54) is 55.3 Å². The third-order valence-electron chi connectivity index (χ3n) is 10.7. The first-order valence-electron chi connectivity index (χ1n) is 16.2. The van der Waals surface area contributed by atoms with Crippen LogP contribution in [0.25, 0.3) is 45.2 Å². The Labute approximate surface area is 290 Å². The van der Waals surface area contributed by atoms with Gasteiger partial charge in [0, 0.05) is 0 Å². The van der Waals surface area contributed by atoms with Crippen LogP contribution in [0.15, 0.2) is 108 Å². The first kappa shape index (κ1) is 34.8. The molecule has 0 spiro atoms. The van der Waals surface area contributed by atoms with Crippen LogP contribution >= 0.6 is 24.8 Å². The molecule has 5 aromatic rings. The van der Waals surface area contributed by atoms with Gasteiger partial charge in [-0.3, -0.25) is 0 Å². The number of rotatable bonds is 5. The standard InChI is InChI=1S/C22H19.C18H17.2CH3.2ClH.H2Si.Zr/c1-15(2)18-13-17-9-6-12-21(22(17)14-18)20-11-5-8-16-7-3-4-10-19(16)20;1-12-4-7-15(8-5-12)16-9-6-14(3)17-10-13(2)11-18(16)17;;;;;;/h3-15H,1-2H3;4-11H,1-3H3;2*1H3;2*1H;1H2;. The fourth-order valence-electron chi connectivity index (χ4n) is 8.87. The summed E-state index contributed by atoms with van der Waals surface area (Å²) in [4.78, 5) is 0. The van der Waals surface area contributed by atoms with E-state index >= 15 is 0 Å². The summed E-state index contributed by atoms with van der Waals surface area (Å²) in [5.41, 5.74) is 17.5. The predicted octanol–water partition coefficient (Wildman–Crippen LogP) is 12.2. The van der Waals surface area contributed by atoms with Gasteiger partial charge in [-0.25, -0.2) is 0 Å². The van der Waals surface area contributed by atoms with Gasteiger partial charge in [-0.15, -0.1) is 24.8 Å². The minimum Gasteiger partial charge on any atom is -0.147 e. The summed E-state index contributed by atoms with van der Waals surface area (Å²) in [6.45, 7) is 14.3. The summed E-state index contributed by atoms with van der Waals surface area (Å²) in [7, 11) is 0. The van der Waals surface area contributed by atoms with Crippen molar-refractivity contribution in [3.63, 3.8) is 0 Å². The van der Waals surface area contributed by atoms with Crippen LogP contribution in [0.5, 0.6) is 0 Å². The normalized spacial score (nSPS) is 17.2. The van der Waals surface area contributed by atoms with Gasteiger partial charge in [-0.2, -0.15) is 0 Å². The number of aryl methyl sites for hydroxylation is 2. The second-order valence-electron chi connectivity index (χ2n) is 14.9. The van der Waals surface area contributed by atoms with Crippen LogP contribution in [-0.2, 0) is 17.4 Å². The molecule has 0 amide bonds. The Bertz CT molecular complexity index is 2110. The molecule has 0 saturated heterocycles. The Morgan fingerprint density at radius 3 is 2.00 bits per heavy atom. The van der Waals surface area contributed by atoms with Gasteiger partial charge in [-0.1, -0.05) is 0 Å². The van der Waals surface area contributed by atoms with Crippen LogP contribution in [0, 0.1) is 19.8 Å². The molecule has 7 rings (SSSR count). The Hall–Kier alpha value is -2.48. The Morgan fingerprint density at radius 2 is 1.28 bits per heavy atom. The van der Waals surface area contributed by atoms with Crippen molar-refractivity contribution in [1.29, 1.82) is 0 Å². The third kappa shape index (κ3) is 5.48. The number of fused-ring (bicyclic) bond motifs is 3. The molecule has 0 aromatic heterocycles. The topological polar surface area (TPSA) is 0 Å². The van der Waals surface area contributed by atoms with E-state index in [1.54, 1.807) is 22.3 Å². The summed E-state index contributed by atoms with van der Waals surface area (Å²) in [5, 5.41) is 2.64. The van der Waals surface area contributed by atoms with Gasteiger partial charge in [0.05, 0.1) is 0 Å². The molecule has 2 unspecified atom stereocenters.